The smallest absolute Gasteiger partial charge is 0.232 e. The summed E-state index contributed by atoms with van der Waals surface area (Å²) in [5.74, 6) is 7.60. The summed E-state index contributed by atoms with van der Waals surface area (Å²) in [5, 5.41) is 0.112. The summed E-state index contributed by atoms with van der Waals surface area (Å²) in [5.41, 5.74) is 0.714. The van der Waals surface area contributed by atoms with Gasteiger partial charge in [0.25, 0.3) is 0 Å². The highest BCUT2D eigenvalue weighted by atomic mass is 32.2. The third kappa shape index (κ3) is 4.68. The summed E-state index contributed by atoms with van der Waals surface area (Å²) in [6.45, 7) is 1.55. The third-order valence-corrected chi connectivity index (χ3v) is 2.81. The molecular weight excluding hydrogens is 250 g/mol. The maximum atomic E-state index is 10.7. The Morgan fingerprint density at radius 3 is 2.78 bits per heavy atom. The van der Waals surface area contributed by atoms with Crippen LogP contribution in [0.2, 0.25) is 0 Å². The van der Waals surface area contributed by atoms with Crippen molar-refractivity contribution in [3.8, 4) is 23.6 Å². The summed E-state index contributed by atoms with van der Waals surface area (Å²) in [6.07, 6.45) is 0.652. The molecule has 0 amide bonds. The van der Waals surface area contributed by atoms with Gasteiger partial charge in [0, 0.05) is 25.2 Å². The van der Waals surface area contributed by atoms with Crippen LogP contribution in [0.25, 0.3) is 0 Å². The average molecular weight is 265 g/mol. The number of rotatable bonds is 4. The predicted octanol–water partition coefficient (Wildman–Crippen LogP) is 2.12. The van der Waals surface area contributed by atoms with Gasteiger partial charge in [0.1, 0.15) is 0 Å². The largest absolute Gasteiger partial charge is 0.481 e. The molecular formula is C13H15NO3S. The van der Waals surface area contributed by atoms with Crippen molar-refractivity contribution < 1.29 is 14.3 Å². The van der Waals surface area contributed by atoms with Crippen LogP contribution < -0.4 is 9.47 Å². The Labute approximate surface area is 111 Å². The van der Waals surface area contributed by atoms with Gasteiger partial charge in [-0.15, -0.1) is 0 Å². The first-order valence-electron chi connectivity index (χ1n) is 5.38. The van der Waals surface area contributed by atoms with E-state index in [0.29, 0.717) is 29.5 Å². The Bertz CT molecular complexity index is 477. The van der Waals surface area contributed by atoms with E-state index in [1.165, 1.54) is 11.8 Å². The van der Waals surface area contributed by atoms with Crippen molar-refractivity contribution in [1.82, 2.24) is 4.98 Å². The molecule has 5 heteroatoms. The van der Waals surface area contributed by atoms with Crippen LogP contribution in [0.5, 0.6) is 11.8 Å². The maximum absolute atomic E-state index is 10.7. The van der Waals surface area contributed by atoms with Crippen molar-refractivity contribution in [3.63, 3.8) is 0 Å². The van der Waals surface area contributed by atoms with Crippen molar-refractivity contribution in [2.75, 3.05) is 20.0 Å². The molecule has 0 fully saturated rings. The number of methoxy groups -OCH3 is 2. The van der Waals surface area contributed by atoms with E-state index >= 15 is 0 Å². The van der Waals surface area contributed by atoms with Gasteiger partial charge in [-0.05, 0) is 6.07 Å². The topological polar surface area (TPSA) is 48.4 Å². The molecule has 0 aliphatic rings. The fourth-order valence-electron chi connectivity index (χ4n) is 1.19. The molecule has 0 bridgehead atoms. The third-order valence-electron chi connectivity index (χ3n) is 1.99. The van der Waals surface area contributed by atoms with Gasteiger partial charge in [0.15, 0.2) is 5.12 Å². The van der Waals surface area contributed by atoms with Crippen LogP contribution in [0.4, 0.5) is 0 Å². The van der Waals surface area contributed by atoms with Gasteiger partial charge in [-0.2, -0.15) is 4.98 Å². The number of ether oxygens (including phenoxy) is 2. The van der Waals surface area contributed by atoms with Gasteiger partial charge in [-0.25, -0.2) is 0 Å². The summed E-state index contributed by atoms with van der Waals surface area (Å²) in [7, 11) is 3.09. The number of aromatic nitrogens is 1. The highest BCUT2D eigenvalue weighted by molar-refractivity contribution is 8.13. The van der Waals surface area contributed by atoms with Crippen LogP contribution in [0.3, 0.4) is 0 Å². The summed E-state index contributed by atoms with van der Waals surface area (Å²) in [6, 6.07) is 3.53. The highest BCUT2D eigenvalue weighted by Gasteiger charge is 2.03. The lowest BCUT2D eigenvalue weighted by Gasteiger charge is -2.04. The molecule has 1 rings (SSSR count). The molecule has 0 saturated heterocycles. The zero-order chi connectivity index (χ0) is 13.4. The van der Waals surface area contributed by atoms with Crippen LogP contribution in [-0.4, -0.2) is 30.1 Å². The van der Waals surface area contributed by atoms with E-state index in [2.05, 4.69) is 16.8 Å². The number of nitrogens with zero attached hydrogens (tertiary/aromatic N) is 1. The molecule has 0 atom stereocenters. The van der Waals surface area contributed by atoms with Crippen LogP contribution in [0.1, 0.15) is 18.9 Å². The number of carbonyl (C=O) groups excluding carboxylic acids is 1. The van der Waals surface area contributed by atoms with Gasteiger partial charge in [0.2, 0.25) is 11.8 Å². The van der Waals surface area contributed by atoms with Gasteiger partial charge in [-0.3, -0.25) is 4.79 Å². The van der Waals surface area contributed by atoms with Gasteiger partial charge in [0.05, 0.1) is 19.8 Å². The lowest BCUT2D eigenvalue weighted by molar-refractivity contribution is -0.109. The summed E-state index contributed by atoms with van der Waals surface area (Å²) < 4.78 is 10.1. The maximum Gasteiger partial charge on any atom is 0.232 e. The Hall–Kier alpha value is -1.67. The van der Waals surface area contributed by atoms with Gasteiger partial charge >= 0.3 is 0 Å². The monoisotopic (exact) mass is 265 g/mol. The highest BCUT2D eigenvalue weighted by Crippen LogP contribution is 2.18. The molecule has 18 heavy (non-hydrogen) atoms. The van der Waals surface area contributed by atoms with Crippen LogP contribution >= 0.6 is 11.8 Å². The Morgan fingerprint density at radius 1 is 1.39 bits per heavy atom. The van der Waals surface area contributed by atoms with Crippen LogP contribution in [0.15, 0.2) is 12.1 Å². The quantitative estimate of drug-likeness (QED) is 0.616. The SMILES string of the molecule is COc1ccc(C#CCCSC(C)=O)c(OC)n1. The van der Waals surface area contributed by atoms with E-state index in [1.54, 1.807) is 33.3 Å². The fraction of sp³-hybridized carbons (Fsp3) is 0.385. The summed E-state index contributed by atoms with van der Waals surface area (Å²) >= 11 is 1.27. The van der Waals surface area contributed by atoms with Crippen LogP contribution in [0, 0.1) is 11.8 Å². The first-order chi connectivity index (χ1) is 8.67. The van der Waals surface area contributed by atoms with Crippen molar-refractivity contribution in [2.45, 2.75) is 13.3 Å². The lowest BCUT2D eigenvalue weighted by Crippen LogP contribution is -1.94. The second-order valence-electron chi connectivity index (χ2n) is 3.30. The minimum atomic E-state index is 0.112. The normalized spacial score (nSPS) is 9.28. The number of hydrogen-bond donors (Lipinski definition) is 0. The standard InChI is InChI=1S/C13H15NO3S/c1-10(15)18-9-5-4-6-11-7-8-12(16-2)14-13(11)17-3/h7-8H,5,9H2,1-3H3. The molecule has 0 radical (unpaired) electrons. The number of carbonyl (C=O) groups is 1. The van der Waals surface area contributed by atoms with E-state index in [-0.39, 0.29) is 5.12 Å². The second-order valence-corrected chi connectivity index (χ2v) is 4.57. The molecule has 0 N–H and O–H groups in total. The first kappa shape index (κ1) is 14.4. The summed E-state index contributed by atoms with van der Waals surface area (Å²) in [4.78, 5) is 14.8. The second kappa shape index (κ2) is 7.62. The van der Waals surface area contributed by atoms with E-state index in [9.17, 15) is 4.79 Å². The molecule has 0 aliphatic heterocycles. The van der Waals surface area contributed by atoms with Crippen LogP contribution in [-0.2, 0) is 4.79 Å². The van der Waals surface area contributed by atoms with Crippen molar-refractivity contribution in [1.29, 1.82) is 0 Å². The molecule has 0 unspecified atom stereocenters. The number of thioether (sulfide) groups is 1. The van der Waals surface area contributed by atoms with E-state index in [0.717, 1.165) is 0 Å². The number of hydrogen-bond acceptors (Lipinski definition) is 5. The molecule has 1 heterocycles. The minimum absolute atomic E-state index is 0.112. The fourth-order valence-corrected chi connectivity index (χ4v) is 1.68. The Balaban J connectivity index is 2.66. The zero-order valence-electron chi connectivity index (χ0n) is 10.6. The molecule has 1 aromatic heterocycles. The molecule has 0 aliphatic carbocycles. The Morgan fingerprint density at radius 2 is 2.17 bits per heavy atom. The van der Waals surface area contributed by atoms with Crippen molar-refractivity contribution in [3.05, 3.63) is 17.7 Å². The predicted molar refractivity (Wildman–Crippen MR) is 72.0 cm³/mol. The number of pyridine rings is 1. The van der Waals surface area contributed by atoms with Crippen molar-refractivity contribution >= 4 is 16.9 Å². The molecule has 0 saturated carbocycles. The zero-order valence-corrected chi connectivity index (χ0v) is 11.5. The Kier molecular flexibility index (Phi) is 6.09. The minimum Gasteiger partial charge on any atom is -0.481 e. The van der Waals surface area contributed by atoms with E-state index < -0.39 is 0 Å². The van der Waals surface area contributed by atoms with Crippen molar-refractivity contribution in [2.24, 2.45) is 0 Å². The molecule has 1 aromatic rings. The molecule has 4 nitrogen and oxygen atoms in total. The van der Waals surface area contributed by atoms with Gasteiger partial charge in [-0.1, -0.05) is 23.6 Å². The molecule has 0 aromatic carbocycles. The molecule has 96 valence electrons. The lowest BCUT2D eigenvalue weighted by atomic mass is 10.2. The molecule has 0 spiro atoms. The average Bonchev–Trinajstić information content (AvgIpc) is 2.38. The van der Waals surface area contributed by atoms with Gasteiger partial charge < -0.3 is 9.47 Å². The van der Waals surface area contributed by atoms with E-state index in [1.807, 2.05) is 0 Å². The van der Waals surface area contributed by atoms with E-state index in [4.69, 9.17) is 9.47 Å². The first-order valence-corrected chi connectivity index (χ1v) is 6.37.